The lowest BCUT2D eigenvalue weighted by Crippen LogP contribution is -2.40. The van der Waals surface area contributed by atoms with E-state index in [2.05, 4.69) is 10.5 Å². The first-order valence-corrected chi connectivity index (χ1v) is 11.4. The average Bonchev–Trinajstić information content (AvgIpc) is 2.65. The molecule has 0 saturated carbocycles. The zero-order valence-electron chi connectivity index (χ0n) is 15.3. The molecule has 0 atom stereocenters. The number of hydrogen-bond acceptors (Lipinski definition) is 5. The van der Waals surface area contributed by atoms with Crippen LogP contribution in [0.3, 0.4) is 0 Å². The van der Waals surface area contributed by atoms with Crippen LogP contribution in [0.1, 0.15) is 11.1 Å². The van der Waals surface area contributed by atoms with Crippen molar-refractivity contribution in [1.29, 1.82) is 0 Å². The van der Waals surface area contributed by atoms with E-state index in [0.717, 1.165) is 26.6 Å². The molecule has 1 N–H and O–H groups in total. The molecule has 0 fully saturated rings. The third-order valence-electron chi connectivity index (χ3n) is 3.80. The zero-order chi connectivity index (χ0) is 19.7. The summed E-state index contributed by atoms with van der Waals surface area (Å²) in [5.41, 5.74) is 4.24. The highest BCUT2D eigenvalue weighted by Gasteiger charge is 2.19. The average molecular weight is 406 g/mol. The molecule has 0 radical (unpaired) electrons. The molecule has 0 unspecified atom stereocenters. The molecule has 1 amide bonds. The number of carbonyl (C=O) groups is 1. The van der Waals surface area contributed by atoms with Gasteiger partial charge in [0.15, 0.2) is 0 Å². The Morgan fingerprint density at radius 1 is 1.15 bits per heavy atom. The van der Waals surface area contributed by atoms with Gasteiger partial charge in [0.05, 0.1) is 19.0 Å². The minimum absolute atomic E-state index is 0.232. The SMILES string of the molecule is CSc1ccc(C=NNC(=O)CN(CCc2ccccc2)S(C)(=O)=O)cc1. The number of thioether (sulfide) groups is 1. The molecule has 0 aliphatic carbocycles. The van der Waals surface area contributed by atoms with Crippen LogP contribution in [0.5, 0.6) is 0 Å². The van der Waals surface area contributed by atoms with E-state index < -0.39 is 15.9 Å². The van der Waals surface area contributed by atoms with Gasteiger partial charge in [-0.05, 0) is 35.9 Å². The van der Waals surface area contributed by atoms with Crippen molar-refractivity contribution in [3.63, 3.8) is 0 Å². The molecule has 2 rings (SSSR count). The van der Waals surface area contributed by atoms with Crippen molar-refractivity contribution >= 4 is 33.9 Å². The topological polar surface area (TPSA) is 78.8 Å². The normalized spacial score (nSPS) is 11.8. The lowest BCUT2D eigenvalue weighted by atomic mass is 10.1. The van der Waals surface area contributed by atoms with Crippen LogP contribution in [-0.2, 0) is 21.2 Å². The Hall–Kier alpha value is -2.16. The Balaban J connectivity index is 1.89. The van der Waals surface area contributed by atoms with E-state index in [4.69, 9.17) is 0 Å². The van der Waals surface area contributed by atoms with Gasteiger partial charge in [-0.25, -0.2) is 13.8 Å². The van der Waals surface area contributed by atoms with Gasteiger partial charge in [0.2, 0.25) is 10.0 Å². The largest absolute Gasteiger partial charge is 0.272 e. The van der Waals surface area contributed by atoms with Crippen LogP contribution in [0.4, 0.5) is 0 Å². The van der Waals surface area contributed by atoms with Crippen LogP contribution in [0.15, 0.2) is 64.6 Å². The van der Waals surface area contributed by atoms with E-state index in [1.54, 1.807) is 11.8 Å². The van der Waals surface area contributed by atoms with Crippen molar-refractivity contribution < 1.29 is 13.2 Å². The van der Waals surface area contributed by atoms with Gasteiger partial charge in [0, 0.05) is 11.4 Å². The third-order valence-corrected chi connectivity index (χ3v) is 5.79. The second-order valence-electron chi connectivity index (χ2n) is 5.90. The number of sulfonamides is 1. The van der Waals surface area contributed by atoms with E-state index in [1.165, 1.54) is 6.21 Å². The second kappa shape index (κ2) is 10.2. The van der Waals surface area contributed by atoms with E-state index in [-0.39, 0.29) is 13.1 Å². The van der Waals surface area contributed by atoms with Gasteiger partial charge >= 0.3 is 0 Å². The van der Waals surface area contributed by atoms with Crippen LogP contribution in [0.2, 0.25) is 0 Å². The standard InChI is InChI=1S/C19H23N3O3S2/c1-26-18-10-8-17(9-11-18)14-20-21-19(23)15-22(27(2,24)25)13-12-16-6-4-3-5-7-16/h3-11,14H,12-13,15H2,1-2H3,(H,21,23). The molecule has 0 spiro atoms. The lowest BCUT2D eigenvalue weighted by molar-refractivity contribution is -0.121. The summed E-state index contributed by atoms with van der Waals surface area (Å²) in [5, 5.41) is 3.90. The predicted octanol–water partition coefficient (Wildman–Crippen LogP) is 2.36. The maximum absolute atomic E-state index is 12.1. The van der Waals surface area contributed by atoms with Gasteiger partial charge in [-0.2, -0.15) is 9.41 Å². The molecular formula is C19H23N3O3S2. The molecule has 0 aliphatic rings. The van der Waals surface area contributed by atoms with Crippen LogP contribution < -0.4 is 5.43 Å². The molecule has 2 aromatic rings. The molecule has 144 valence electrons. The highest BCUT2D eigenvalue weighted by Crippen LogP contribution is 2.13. The van der Waals surface area contributed by atoms with E-state index >= 15 is 0 Å². The van der Waals surface area contributed by atoms with Crippen LogP contribution >= 0.6 is 11.8 Å². The summed E-state index contributed by atoms with van der Waals surface area (Å²) in [6.45, 7) is -0.0372. The Bertz CT molecular complexity index is 867. The summed E-state index contributed by atoms with van der Waals surface area (Å²) in [6, 6.07) is 17.2. The summed E-state index contributed by atoms with van der Waals surface area (Å²) in [5.74, 6) is -0.481. The van der Waals surface area contributed by atoms with Crippen molar-refractivity contribution in [2.75, 3.05) is 25.6 Å². The highest BCUT2D eigenvalue weighted by atomic mass is 32.2. The minimum atomic E-state index is -3.50. The quantitative estimate of drug-likeness (QED) is 0.395. The molecular weight excluding hydrogens is 382 g/mol. The molecule has 0 bridgehead atoms. The van der Waals surface area contributed by atoms with Crippen molar-refractivity contribution in [3.05, 3.63) is 65.7 Å². The number of amides is 1. The number of nitrogens with zero attached hydrogens (tertiary/aromatic N) is 2. The monoisotopic (exact) mass is 405 g/mol. The Morgan fingerprint density at radius 2 is 1.81 bits per heavy atom. The number of hydrogen-bond donors (Lipinski definition) is 1. The van der Waals surface area contributed by atoms with Gasteiger partial charge in [-0.3, -0.25) is 4.79 Å². The van der Waals surface area contributed by atoms with Gasteiger partial charge in [-0.15, -0.1) is 11.8 Å². The van der Waals surface area contributed by atoms with Crippen molar-refractivity contribution in [2.45, 2.75) is 11.3 Å². The fourth-order valence-corrected chi connectivity index (χ4v) is 3.51. The first kappa shape index (κ1) is 21.1. The van der Waals surface area contributed by atoms with Crippen molar-refractivity contribution in [1.82, 2.24) is 9.73 Å². The first-order chi connectivity index (χ1) is 12.9. The molecule has 27 heavy (non-hydrogen) atoms. The molecule has 0 aliphatic heterocycles. The van der Waals surface area contributed by atoms with Gasteiger partial charge in [0.1, 0.15) is 0 Å². The second-order valence-corrected chi connectivity index (χ2v) is 8.76. The van der Waals surface area contributed by atoms with Crippen LogP contribution in [0.25, 0.3) is 0 Å². The molecule has 0 saturated heterocycles. The highest BCUT2D eigenvalue weighted by molar-refractivity contribution is 7.98. The van der Waals surface area contributed by atoms with E-state index in [1.807, 2.05) is 60.9 Å². The molecule has 2 aromatic carbocycles. The first-order valence-electron chi connectivity index (χ1n) is 8.33. The summed E-state index contributed by atoms with van der Waals surface area (Å²) >= 11 is 1.64. The minimum Gasteiger partial charge on any atom is -0.272 e. The fourth-order valence-electron chi connectivity index (χ4n) is 2.32. The Kier molecular flexibility index (Phi) is 8.02. The number of hydrazone groups is 1. The molecule has 8 heteroatoms. The summed E-state index contributed by atoms with van der Waals surface area (Å²) in [7, 11) is -3.50. The van der Waals surface area contributed by atoms with E-state index in [9.17, 15) is 13.2 Å². The van der Waals surface area contributed by atoms with Crippen LogP contribution in [-0.4, -0.2) is 50.4 Å². The third kappa shape index (κ3) is 7.54. The Morgan fingerprint density at radius 3 is 2.41 bits per heavy atom. The van der Waals surface area contributed by atoms with Gasteiger partial charge in [-0.1, -0.05) is 42.5 Å². The van der Waals surface area contributed by atoms with Gasteiger partial charge < -0.3 is 0 Å². The summed E-state index contributed by atoms with van der Waals surface area (Å²) < 4.78 is 25.0. The predicted molar refractivity (Wildman–Crippen MR) is 111 cm³/mol. The van der Waals surface area contributed by atoms with Gasteiger partial charge in [0.25, 0.3) is 5.91 Å². The smallest absolute Gasteiger partial charge is 0.255 e. The van der Waals surface area contributed by atoms with Crippen molar-refractivity contribution in [2.24, 2.45) is 5.10 Å². The maximum atomic E-state index is 12.1. The molecule has 0 aromatic heterocycles. The number of nitrogens with one attached hydrogen (secondary N) is 1. The molecule has 0 heterocycles. The van der Waals surface area contributed by atoms with Crippen molar-refractivity contribution in [3.8, 4) is 0 Å². The number of benzene rings is 2. The summed E-state index contributed by atoms with van der Waals surface area (Å²) in [4.78, 5) is 13.2. The fraction of sp³-hybridized carbons (Fsp3) is 0.263. The number of rotatable bonds is 9. The zero-order valence-corrected chi connectivity index (χ0v) is 17.0. The summed E-state index contributed by atoms with van der Waals surface area (Å²) in [6.07, 6.45) is 5.15. The molecule has 6 nitrogen and oxygen atoms in total. The Labute approximate surface area is 164 Å². The lowest BCUT2D eigenvalue weighted by Gasteiger charge is -2.18. The maximum Gasteiger partial charge on any atom is 0.255 e. The number of carbonyl (C=O) groups excluding carboxylic acids is 1. The van der Waals surface area contributed by atoms with Crippen LogP contribution in [0, 0.1) is 0 Å². The van der Waals surface area contributed by atoms with E-state index in [0.29, 0.717) is 6.42 Å².